The maximum absolute atomic E-state index is 4.53. The van der Waals surface area contributed by atoms with Gasteiger partial charge in [0.05, 0.1) is 5.52 Å². The van der Waals surface area contributed by atoms with Crippen LogP contribution in [0, 0.1) is 0 Å². The summed E-state index contributed by atoms with van der Waals surface area (Å²) in [6.07, 6.45) is 4.01. The Hall–Kier alpha value is -2.61. The highest BCUT2D eigenvalue weighted by Gasteiger charge is 2.05. The van der Waals surface area contributed by atoms with Crippen LogP contribution in [0.25, 0.3) is 21.8 Å². The van der Waals surface area contributed by atoms with Crippen molar-refractivity contribution < 1.29 is 0 Å². The molecule has 0 aliphatic rings. The first kappa shape index (κ1) is 11.2. The van der Waals surface area contributed by atoms with Gasteiger partial charge in [-0.25, -0.2) is 0 Å². The number of hydrogen-bond donors (Lipinski definition) is 0. The number of nitrogens with zero attached hydrogens (tertiary/aromatic N) is 2. The molecule has 0 spiro atoms. The molecule has 20 heavy (non-hydrogen) atoms. The van der Waals surface area contributed by atoms with E-state index >= 15 is 0 Å². The van der Waals surface area contributed by atoms with Crippen molar-refractivity contribution in [3.05, 3.63) is 78.6 Å². The first-order valence-corrected chi connectivity index (χ1v) is 6.78. The van der Waals surface area contributed by atoms with Crippen LogP contribution in [-0.2, 0) is 6.54 Å². The quantitative estimate of drug-likeness (QED) is 0.526. The molecule has 2 aromatic heterocycles. The number of aromatic nitrogens is 2. The molecule has 2 heterocycles. The number of hydrogen-bond acceptors (Lipinski definition) is 1. The molecule has 0 bridgehead atoms. The minimum Gasteiger partial charge on any atom is -0.343 e. The van der Waals surface area contributed by atoms with Crippen LogP contribution in [0.1, 0.15) is 5.56 Å². The summed E-state index contributed by atoms with van der Waals surface area (Å²) >= 11 is 0. The van der Waals surface area contributed by atoms with Gasteiger partial charge >= 0.3 is 0 Å². The molecule has 2 aromatic carbocycles. The summed E-state index contributed by atoms with van der Waals surface area (Å²) in [5.41, 5.74) is 3.61. The third kappa shape index (κ3) is 1.77. The van der Waals surface area contributed by atoms with Crippen molar-refractivity contribution in [2.75, 3.05) is 0 Å². The molecule has 0 saturated heterocycles. The van der Waals surface area contributed by atoms with Crippen molar-refractivity contribution in [1.82, 2.24) is 9.55 Å². The van der Waals surface area contributed by atoms with E-state index in [2.05, 4.69) is 70.3 Å². The van der Waals surface area contributed by atoms with E-state index in [1.54, 1.807) is 0 Å². The molecule has 0 N–H and O–H groups in total. The third-order valence-corrected chi connectivity index (χ3v) is 3.74. The SMILES string of the molecule is c1cnc2c(Cn3ccc4ccccc43)cccc2c1. The lowest BCUT2D eigenvalue weighted by molar-refractivity contribution is 0.841. The van der Waals surface area contributed by atoms with Gasteiger partial charge in [0, 0.05) is 29.8 Å². The zero-order chi connectivity index (χ0) is 13.4. The van der Waals surface area contributed by atoms with Gasteiger partial charge in [0.25, 0.3) is 0 Å². The topological polar surface area (TPSA) is 17.8 Å². The number of fused-ring (bicyclic) bond motifs is 2. The van der Waals surface area contributed by atoms with Crippen molar-refractivity contribution >= 4 is 21.8 Å². The molecule has 0 aliphatic heterocycles. The molecule has 4 rings (SSSR count). The van der Waals surface area contributed by atoms with E-state index in [0.29, 0.717) is 0 Å². The number of para-hydroxylation sites is 2. The predicted octanol–water partition coefficient (Wildman–Crippen LogP) is 4.24. The smallest absolute Gasteiger partial charge is 0.0751 e. The lowest BCUT2D eigenvalue weighted by Gasteiger charge is -2.08. The minimum atomic E-state index is 0.849. The standard InChI is InChI=1S/C18H14N2/c1-2-9-17-14(5-1)10-12-20(17)13-16-7-3-6-15-8-4-11-19-18(15)16/h1-12H,13H2. The minimum absolute atomic E-state index is 0.849. The van der Waals surface area contributed by atoms with Crippen molar-refractivity contribution in [1.29, 1.82) is 0 Å². The zero-order valence-corrected chi connectivity index (χ0v) is 11.0. The number of pyridine rings is 1. The van der Waals surface area contributed by atoms with Crippen LogP contribution in [-0.4, -0.2) is 9.55 Å². The molecule has 0 saturated carbocycles. The summed E-state index contributed by atoms with van der Waals surface area (Å²) in [7, 11) is 0. The molecular formula is C18H14N2. The van der Waals surface area contributed by atoms with Crippen molar-refractivity contribution in [3.8, 4) is 0 Å². The largest absolute Gasteiger partial charge is 0.343 e. The van der Waals surface area contributed by atoms with Crippen LogP contribution in [0.3, 0.4) is 0 Å². The Morgan fingerprint density at radius 2 is 1.65 bits per heavy atom. The molecule has 0 radical (unpaired) electrons. The molecule has 0 amide bonds. The summed E-state index contributed by atoms with van der Waals surface area (Å²) in [6, 6.07) is 21.1. The maximum atomic E-state index is 4.53. The predicted molar refractivity (Wildman–Crippen MR) is 82.8 cm³/mol. The monoisotopic (exact) mass is 258 g/mol. The lowest BCUT2D eigenvalue weighted by atomic mass is 10.1. The van der Waals surface area contributed by atoms with E-state index in [1.165, 1.54) is 21.9 Å². The highest BCUT2D eigenvalue weighted by molar-refractivity contribution is 5.83. The summed E-state index contributed by atoms with van der Waals surface area (Å²) in [6.45, 7) is 0.849. The Morgan fingerprint density at radius 3 is 2.65 bits per heavy atom. The fourth-order valence-electron chi connectivity index (χ4n) is 2.76. The first-order valence-electron chi connectivity index (χ1n) is 6.78. The second-order valence-electron chi connectivity index (χ2n) is 4.99. The van der Waals surface area contributed by atoms with Gasteiger partial charge < -0.3 is 4.57 Å². The van der Waals surface area contributed by atoms with Crippen LogP contribution in [0.2, 0.25) is 0 Å². The first-order chi connectivity index (χ1) is 9.92. The normalized spacial score (nSPS) is 11.2. The summed E-state index contributed by atoms with van der Waals surface area (Å²) < 4.78 is 2.28. The Morgan fingerprint density at radius 1 is 0.800 bits per heavy atom. The average molecular weight is 258 g/mol. The van der Waals surface area contributed by atoms with Crippen molar-refractivity contribution in [3.63, 3.8) is 0 Å². The van der Waals surface area contributed by atoms with Gasteiger partial charge in [0.1, 0.15) is 0 Å². The molecule has 0 aliphatic carbocycles. The van der Waals surface area contributed by atoms with Crippen LogP contribution >= 0.6 is 0 Å². The van der Waals surface area contributed by atoms with Gasteiger partial charge in [0.2, 0.25) is 0 Å². The number of benzene rings is 2. The summed E-state index contributed by atoms with van der Waals surface area (Å²) in [5.74, 6) is 0. The van der Waals surface area contributed by atoms with E-state index in [0.717, 1.165) is 12.1 Å². The summed E-state index contributed by atoms with van der Waals surface area (Å²) in [4.78, 5) is 4.53. The van der Waals surface area contributed by atoms with Crippen LogP contribution < -0.4 is 0 Å². The van der Waals surface area contributed by atoms with E-state index < -0.39 is 0 Å². The Balaban J connectivity index is 1.85. The molecule has 96 valence electrons. The second-order valence-corrected chi connectivity index (χ2v) is 4.99. The van der Waals surface area contributed by atoms with Gasteiger partial charge in [0.15, 0.2) is 0 Å². The fourth-order valence-corrected chi connectivity index (χ4v) is 2.76. The molecule has 0 fully saturated rings. The van der Waals surface area contributed by atoms with Crippen LogP contribution in [0.4, 0.5) is 0 Å². The van der Waals surface area contributed by atoms with Crippen molar-refractivity contribution in [2.24, 2.45) is 0 Å². The average Bonchev–Trinajstić information content (AvgIpc) is 2.91. The van der Waals surface area contributed by atoms with Gasteiger partial charge in [-0.2, -0.15) is 0 Å². The number of rotatable bonds is 2. The van der Waals surface area contributed by atoms with Crippen LogP contribution in [0.15, 0.2) is 73.1 Å². The second kappa shape index (κ2) is 4.49. The van der Waals surface area contributed by atoms with E-state index in [-0.39, 0.29) is 0 Å². The molecule has 0 unspecified atom stereocenters. The molecule has 0 atom stereocenters. The van der Waals surface area contributed by atoms with E-state index in [1.807, 2.05) is 12.3 Å². The van der Waals surface area contributed by atoms with Crippen molar-refractivity contribution in [2.45, 2.75) is 6.54 Å². The lowest BCUT2D eigenvalue weighted by Crippen LogP contribution is -1.99. The zero-order valence-electron chi connectivity index (χ0n) is 11.0. The third-order valence-electron chi connectivity index (χ3n) is 3.74. The Labute approximate surface area is 117 Å². The Bertz CT molecular complexity index is 885. The summed E-state index contributed by atoms with van der Waals surface area (Å²) in [5, 5.41) is 2.47. The van der Waals surface area contributed by atoms with E-state index in [4.69, 9.17) is 0 Å². The fraction of sp³-hybridized carbons (Fsp3) is 0.0556. The maximum Gasteiger partial charge on any atom is 0.0751 e. The van der Waals surface area contributed by atoms with E-state index in [9.17, 15) is 0 Å². The van der Waals surface area contributed by atoms with Gasteiger partial charge in [-0.1, -0.05) is 42.5 Å². The van der Waals surface area contributed by atoms with Gasteiger partial charge in [-0.05, 0) is 29.1 Å². The molecular weight excluding hydrogens is 244 g/mol. The van der Waals surface area contributed by atoms with Gasteiger partial charge in [-0.15, -0.1) is 0 Å². The Kier molecular flexibility index (Phi) is 2.52. The molecule has 4 aromatic rings. The van der Waals surface area contributed by atoms with Crippen LogP contribution in [0.5, 0.6) is 0 Å². The van der Waals surface area contributed by atoms with Gasteiger partial charge in [-0.3, -0.25) is 4.98 Å². The highest BCUT2D eigenvalue weighted by atomic mass is 15.0. The highest BCUT2D eigenvalue weighted by Crippen LogP contribution is 2.20. The molecule has 2 heteroatoms. The molecule has 2 nitrogen and oxygen atoms in total.